The van der Waals surface area contributed by atoms with Crippen LogP contribution in [0.25, 0.3) is 0 Å². The molecule has 0 aromatic carbocycles. The maximum atomic E-state index is 11.5. The lowest BCUT2D eigenvalue weighted by molar-refractivity contribution is 0.379. The maximum Gasteiger partial charge on any atom is 0.322 e. The summed E-state index contributed by atoms with van der Waals surface area (Å²) >= 11 is 0. The number of nitrogens with two attached hydrogens (primary N) is 1. The second-order valence-corrected chi connectivity index (χ2v) is 6.28. The molecule has 0 unspecified atom stereocenters. The molecule has 1 aromatic rings. The average molecular weight is 273 g/mol. The number of sulfone groups is 1. The van der Waals surface area contributed by atoms with Gasteiger partial charge in [-0.25, -0.2) is 8.42 Å². The minimum Gasteiger partial charge on any atom is -0.467 e. The van der Waals surface area contributed by atoms with Gasteiger partial charge in [-0.1, -0.05) is 0 Å². The van der Waals surface area contributed by atoms with Crippen molar-refractivity contribution in [1.29, 1.82) is 0 Å². The number of ether oxygens (including phenoxy) is 1. The first-order valence-electron chi connectivity index (χ1n) is 5.51. The lowest BCUT2D eigenvalue weighted by atomic mass is 10.4. The molecule has 0 radical (unpaired) electrons. The summed E-state index contributed by atoms with van der Waals surface area (Å²) in [6.45, 7) is 0.931. The molecule has 0 bridgehead atoms. The zero-order valence-electron chi connectivity index (χ0n) is 10.0. The SMILES string of the molecule is COc1nc(N)nc(N2CCCS(=O)(=O)CC2)n1. The van der Waals surface area contributed by atoms with Gasteiger partial charge in [0.1, 0.15) is 0 Å². The van der Waals surface area contributed by atoms with Crippen LogP contribution >= 0.6 is 0 Å². The van der Waals surface area contributed by atoms with Crippen LogP contribution in [-0.4, -0.2) is 55.1 Å². The van der Waals surface area contributed by atoms with E-state index in [-0.39, 0.29) is 23.5 Å². The molecule has 100 valence electrons. The van der Waals surface area contributed by atoms with Gasteiger partial charge in [-0.2, -0.15) is 15.0 Å². The maximum absolute atomic E-state index is 11.5. The predicted octanol–water partition coefficient (Wildman–Crippen LogP) is -0.913. The van der Waals surface area contributed by atoms with E-state index in [1.54, 1.807) is 4.90 Å². The van der Waals surface area contributed by atoms with E-state index in [0.29, 0.717) is 25.5 Å². The standard InChI is InChI=1S/C9H15N5O3S/c1-17-9-12-7(10)11-8(13-9)14-3-2-5-18(15,16)6-4-14/h2-6H2,1H3,(H2,10,11,12,13). The molecule has 0 spiro atoms. The second-order valence-electron chi connectivity index (χ2n) is 3.97. The molecule has 0 atom stereocenters. The Morgan fingerprint density at radius 3 is 2.72 bits per heavy atom. The Morgan fingerprint density at radius 1 is 1.22 bits per heavy atom. The minimum atomic E-state index is -2.96. The second kappa shape index (κ2) is 4.92. The molecule has 1 fully saturated rings. The molecular formula is C9H15N5O3S. The van der Waals surface area contributed by atoms with Crippen LogP contribution in [0.1, 0.15) is 6.42 Å². The van der Waals surface area contributed by atoms with Crippen molar-refractivity contribution in [3.8, 4) is 6.01 Å². The number of rotatable bonds is 2. The van der Waals surface area contributed by atoms with Gasteiger partial charge >= 0.3 is 6.01 Å². The highest BCUT2D eigenvalue weighted by Gasteiger charge is 2.21. The van der Waals surface area contributed by atoms with Crippen LogP contribution in [0.5, 0.6) is 6.01 Å². The molecule has 9 heteroatoms. The van der Waals surface area contributed by atoms with Crippen molar-refractivity contribution in [2.75, 3.05) is 42.3 Å². The van der Waals surface area contributed by atoms with Gasteiger partial charge in [0.25, 0.3) is 0 Å². The lowest BCUT2D eigenvalue weighted by Crippen LogP contribution is -2.29. The Hall–Kier alpha value is -1.64. The van der Waals surface area contributed by atoms with Gasteiger partial charge in [-0.3, -0.25) is 0 Å². The number of nitrogen functional groups attached to an aromatic ring is 1. The van der Waals surface area contributed by atoms with Gasteiger partial charge in [-0.05, 0) is 6.42 Å². The molecule has 2 N–H and O–H groups in total. The summed E-state index contributed by atoms with van der Waals surface area (Å²) in [5.74, 6) is 0.711. The Bertz CT molecular complexity index is 533. The Kier molecular flexibility index (Phi) is 3.50. The van der Waals surface area contributed by atoms with Crippen LogP contribution < -0.4 is 15.4 Å². The first kappa shape index (κ1) is 12.8. The summed E-state index contributed by atoms with van der Waals surface area (Å²) in [4.78, 5) is 13.6. The zero-order chi connectivity index (χ0) is 13.2. The third-order valence-electron chi connectivity index (χ3n) is 2.64. The van der Waals surface area contributed by atoms with Crippen LogP contribution in [0.4, 0.5) is 11.9 Å². The molecule has 1 aliphatic heterocycles. The minimum absolute atomic E-state index is 0.0592. The largest absolute Gasteiger partial charge is 0.467 e. The first-order valence-corrected chi connectivity index (χ1v) is 7.33. The highest BCUT2D eigenvalue weighted by molar-refractivity contribution is 7.91. The fourth-order valence-electron chi connectivity index (χ4n) is 1.73. The summed E-state index contributed by atoms with van der Waals surface area (Å²) in [6.07, 6.45) is 0.552. The number of hydrogen-bond donors (Lipinski definition) is 1. The molecule has 2 heterocycles. The van der Waals surface area contributed by atoms with E-state index in [1.165, 1.54) is 7.11 Å². The van der Waals surface area contributed by atoms with Gasteiger partial charge in [0, 0.05) is 13.1 Å². The number of anilines is 2. The molecule has 0 aliphatic carbocycles. The van der Waals surface area contributed by atoms with Crippen LogP contribution in [0.3, 0.4) is 0 Å². The van der Waals surface area contributed by atoms with Crippen molar-refractivity contribution in [2.45, 2.75) is 6.42 Å². The van der Waals surface area contributed by atoms with Crippen molar-refractivity contribution in [1.82, 2.24) is 15.0 Å². The zero-order valence-corrected chi connectivity index (χ0v) is 10.9. The molecule has 1 saturated heterocycles. The van der Waals surface area contributed by atoms with E-state index in [2.05, 4.69) is 15.0 Å². The summed E-state index contributed by atoms with van der Waals surface area (Å²) < 4.78 is 27.9. The van der Waals surface area contributed by atoms with Gasteiger partial charge in [0.15, 0.2) is 9.84 Å². The molecular weight excluding hydrogens is 258 g/mol. The number of aromatic nitrogens is 3. The predicted molar refractivity (Wildman–Crippen MR) is 66.3 cm³/mol. The van der Waals surface area contributed by atoms with E-state index in [0.717, 1.165) is 0 Å². The molecule has 18 heavy (non-hydrogen) atoms. The monoisotopic (exact) mass is 273 g/mol. The molecule has 1 aromatic heterocycles. The van der Waals surface area contributed by atoms with Gasteiger partial charge in [0.05, 0.1) is 18.6 Å². The smallest absolute Gasteiger partial charge is 0.322 e. The van der Waals surface area contributed by atoms with E-state index >= 15 is 0 Å². The van der Waals surface area contributed by atoms with Crippen LogP contribution in [0.15, 0.2) is 0 Å². The van der Waals surface area contributed by atoms with E-state index in [4.69, 9.17) is 10.5 Å². The van der Waals surface area contributed by atoms with Crippen LogP contribution in [0.2, 0.25) is 0 Å². The van der Waals surface area contributed by atoms with E-state index in [9.17, 15) is 8.42 Å². The quantitative estimate of drug-likeness (QED) is 0.737. The summed E-state index contributed by atoms with van der Waals surface area (Å²) in [5.41, 5.74) is 5.55. The lowest BCUT2D eigenvalue weighted by Gasteiger charge is -2.19. The van der Waals surface area contributed by atoms with E-state index in [1.807, 2.05) is 0 Å². The van der Waals surface area contributed by atoms with Gasteiger partial charge in [-0.15, -0.1) is 0 Å². The summed E-state index contributed by atoms with van der Waals surface area (Å²) in [6, 6.07) is 0.129. The summed E-state index contributed by atoms with van der Waals surface area (Å²) in [7, 11) is -1.53. The van der Waals surface area contributed by atoms with Crippen molar-refractivity contribution in [3.63, 3.8) is 0 Å². The highest BCUT2D eigenvalue weighted by atomic mass is 32.2. The Balaban J connectivity index is 2.23. The fourth-order valence-corrected chi connectivity index (χ4v) is 3.00. The molecule has 0 amide bonds. The topological polar surface area (TPSA) is 111 Å². The van der Waals surface area contributed by atoms with Crippen molar-refractivity contribution < 1.29 is 13.2 Å². The fraction of sp³-hybridized carbons (Fsp3) is 0.667. The molecule has 8 nitrogen and oxygen atoms in total. The first-order chi connectivity index (χ1) is 8.50. The van der Waals surface area contributed by atoms with Crippen LogP contribution in [0, 0.1) is 0 Å². The third-order valence-corrected chi connectivity index (χ3v) is 4.36. The highest BCUT2D eigenvalue weighted by Crippen LogP contribution is 2.15. The van der Waals surface area contributed by atoms with Crippen molar-refractivity contribution in [3.05, 3.63) is 0 Å². The van der Waals surface area contributed by atoms with E-state index < -0.39 is 9.84 Å². The van der Waals surface area contributed by atoms with Crippen LogP contribution in [-0.2, 0) is 9.84 Å². The van der Waals surface area contributed by atoms with Gasteiger partial charge < -0.3 is 15.4 Å². The molecule has 1 aliphatic rings. The summed E-state index contributed by atoms with van der Waals surface area (Å²) in [5, 5.41) is 0. The van der Waals surface area contributed by atoms with Crippen molar-refractivity contribution >= 4 is 21.7 Å². The third kappa shape index (κ3) is 2.97. The normalized spacial score (nSPS) is 19.3. The Labute approximate surface area is 105 Å². The number of methoxy groups -OCH3 is 1. The number of nitrogens with zero attached hydrogens (tertiary/aromatic N) is 4. The number of hydrogen-bond acceptors (Lipinski definition) is 8. The Morgan fingerprint density at radius 2 is 2.00 bits per heavy atom. The average Bonchev–Trinajstić information content (AvgIpc) is 2.49. The molecule has 2 rings (SSSR count). The van der Waals surface area contributed by atoms with Crippen molar-refractivity contribution in [2.24, 2.45) is 0 Å². The molecule has 0 saturated carbocycles. The van der Waals surface area contributed by atoms with Gasteiger partial charge in [0.2, 0.25) is 11.9 Å².